The second-order valence-corrected chi connectivity index (χ2v) is 22.2. The van der Waals surface area contributed by atoms with Crippen LogP contribution in [0.2, 0.25) is 0 Å². The van der Waals surface area contributed by atoms with Crippen molar-refractivity contribution >= 4 is 44.0 Å². The molecule has 5 aliphatic rings. The number of rotatable bonds is 12. The van der Waals surface area contributed by atoms with Crippen molar-refractivity contribution in [3.05, 3.63) is 106 Å². The first-order valence-corrected chi connectivity index (χ1v) is 25.6. The van der Waals surface area contributed by atoms with E-state index in [9.17, 15) is 32.8 Å². The Hall–Kier alpha value is -5.78. The number of carbonyl (C=O) groups excluding carboxylic acids is 1. The molecule has 10 rings (SSSR count). The molecule has 3 aromatic carbocycles. The molecule has 5 heterocycles. The van der Waals surface area contributed by atoms with Crippen molar-refractivity contribution in [1.82, 2.24) is 19.6 Å². The van der Waals surface area contributed by atoms with Crippen molar-refractivity contribution in [1.29, 1.82) is 0 Å². The van der Waals surface area contributed by atoms with Crippen LogP contribution in [0.15, 0.2) is 78.0 Å². The number of piperidine rings is 1. The summed E-state index contributed by atoms with van der Waals surface area (Å²) in [6.45, 7) is 9.22. The molecule has 4 N–H and O–H groups in total. The van der Waals surface area contributed by atoms with Gasteiger partial charge < -0.3 is 29.8 Å². The second-order valence-electron chi connectivity index (χ2n) is 20.6. The third-order valence-electron chi connectivity index (χ3n) is 15.5. The summed E-state index contributed by atoms with van der Waals surface area (Å²) in [4.78, 5) is 37.3. The van der Waals surface area contributed by atoms with Gasteiger partial charge in [-0.15, -0.1) is 0 Å². The Morgan fingerprint density at radius 2 is 1.82 bits per heavy atom. The number of amides is 1. The number of anilines is 2. The number of aromatic nitrogens is 2. The molecule has 360 valence electrons. The van der Waals surface area contributed by atoms with Crippen molar-refractivity contribution in [3.8, 4) is 17.2 Å². The zero-order valence-electron chi connectivity index (χ0n) is 38.8. The normalized spacial score (nSPS) is 24.0. The molecule has 2 aliphatic carbocycles. The van der Waals surface area contributed by atoms with Crippen LogP contribution in [-0.4, -0.2) is 83.1 Å². The van der Waals surface area contributed by atoms with E-state index in [0.717, 1.165) is 69.9 Å². The van der Waals surface area contributed by atoms with Crippen LogP contribution in [0.1, 0.15) is 125 Å². The topological polar surface area (TPSA) is 192 Å². The van der Waals surface area contributed by atoms with E-state index in [1.807, 2.05) is 6.92 Å². The Kier molecular flexibility index (Phi) is 12.1. The Balaban J connectivity index is 0.853. The number of aliphatic hydroxyl groups is 1. The maximum atomic E-state index is 14.7. The summed E-state index contributed by atoms with van der Waals surface area (Å²) < 4.78 is 56.9. The first-order valence-electron chi connectivity index (χ1n) is 24.1. The van der Waals surface area contributed by atoms with E-state index in [0.29, 0.717) is 48.8 Å². The van der Waals surface area contributed by atoms with Gasteiger partial charge in [0, 0.05) is 55.3 Å². The molecule has 5 aromatic rings. The monoisotopic (exact) mass is 949 g/mol. The second kappa shape index (κ2) is 17.9. The highest BCUT2D eigenvalue weighted by Crippen LogP contribution is 2.54. The van der Waals surface area contributed by atoms with E-state index in [-0.39, 0.29) is 51.9 Å². The first kappa shape index (κ1) is 46.0. The van der Waals surface area contributed by atoms with Crippen LogP contribution in [0, 0.1) is 27.3 Å². The number of ether oxygens (including phenoxy) is 2. The number of benzene rings is 3. The lowest BCUT2D eigenvalue weighted by atomic mass is 9.59. The third-order valence-corrected chi connectivity index (χ3v) is 16.8. The fourth-order valence-electron chi connectivity index (χ4n) is 11.7. The van der Waals surface area contributed by atoms with Gasteiger partial charge in [-0.2, -0.15) is 0 Å². The van der Waals surface area contributed by atoms with E-state index in [1.165, 1.54) is 54.6 Å². The Morgan fingerprint density at radius 3 is 2.57 bits per heavy atom. The van der Waals surface area contributed by atoms with Gasteiger partial charge in [-0.3, -0.25) is 19.8 Å². The van der Waals surface area contributed by atoms with Gasteiger partial charge >= 0.3 is 0 Å². The minimum atomic E-state index is -4.71. The van der Waals surface area contributed by atoms with E-state index in [2.05, 4.69) is 67.9 Å². The van der Waals surface area contributed by atoms with Gasteiger partial charge in [-0.05, 0) is 131 Å². The number of nitro groups is 1. The molecule has 1 spiro atoms. The zero-order chi connectivity index (χ0) is 47.5. The molecule has 2 saturated carbocycles. The average molecular weight is 950 g/mol. The number of fused-ring (bicyclic) bond motifs is 2. The molecule has 17 heteroatoms. The number of aromatic amines is 1. The molecule has 2 atom stereocenters. The van der Waals surface area contributed by atoms with Crippen molar-refractivity contribution < 1.29 is 37.1 Å². The highest BCUT2D eigenvalue weighted by Gasteiger charge is 2.50. The van der Waals surface area contributed by atoms with Crippen LogP contribution >= 0.6 is 0 Å². The van der Waals surface area contributed by atoms with Crippen LogP contribution in [0.5, 0.6) is 17.2 Å². The molecular weight excluding hydrogens is 890 g/mol. The van der Waals surface area contributed by atoms with Crippen LogP contribution in [0.3, 0.4) is 0 Å². The number of carbonyl (C=O) groups is 1. The molecular formula is C51H60FN7O8S. The van der Waals surface area contributed by atoms with Crippen LogP contribution in [0.25, 0.3) is 11.0 Å². The van der Waals surface area contributed by atoms with Crippen LogP contribution < -0.4 is 24.4 Å². The maximum Gasteiger partial charge on any atom is 0.297 e. The SMILES string of the molecule is CC(C)c1ccccc1[C@H]1CCCN1C1CC2(CCN(c3ccc(C(=O)NS(=O)(=O)c4cc5c(c([N+](=O)[O-])c4)N[C@@H](C[C@H]4CC[C@](C)(O)CC4)CO5)c(Oc4cnc5[nH]cc(F)c5c4)c3)CC2)C1. The molecule has 0 bridgehead atoms. The number of nitro benzene ring substituents is 1. The summed E-state index contributed by atoms with van der Waals surface area (Å²) in [6.07, 6.45) is 12.9. The van der Waals surface area contributed by atoms with Gasteiger partial charge in [0.2, 0.25) is 0 Å². The van der Waals surface area contributed by atoms with Crippen molar-refractivity contribution in [2.24, 2.45) is 11.3 Å². The fourth-order valence-corrected chi connectivity index (χ4v) is 12.7. The van der Waals surface area contributed by atoms with Gasteiger partial charge in [-0.1, -0.05) is 38.1 Å². The lowest BCUT2D eigenvalue weighted by Gasteiger charge is -2.56. The Morgan fingerprint density at radius 1 is 1.06 bits per heavy atom. The number of nitrogens with zero attached hydrogens (tertiary/aromatic N) is 4. The van der Waals surface area contributed by atoms with Gasteiger partial charge in [0.1, 0.15) is 29.6 Å². The third kappa shape index (κ3) is 9.11. The van der Waals surface area contributed by atoms with Gasteiger partial charge in [0.25, 0.3) is 21.6 Å². The summed E-state index contributed by atoms with van der Waals surface area (Å²) >= 11 is 0. The van der Waals surface area contributed by atoms with E-state index in [4.69, 9.17) is 9.47 Å². The number of hydrogen-bond acceptors (Lipinski definition) is 12. The first-order chi connectivity index (χ1) is 32.5. The minimum Gasteiger partial charge on any atom is -0.489 e. The summed E-state index contributed by atoms with van der Waals surface area (Å²) in [5, 5.41) is 26.2. The van der Waals surface area contributed by atoms with Crippen LogP contribution in [-0.2, 0) is 10.0 Å². The smallest absolute Gasteiger partial charge is 0.297 e. The summed E-state index contributed by atoms with van der Waals surface area (Å²) in [5.41, 5.74) is 3.01. The van der Waals surface area contributed by atoms with E-state index in [1.54, 1.807) is 12.1 Å². The molecule has 1 amide bonds. The molecule has 68 heavy (non-hydrogen) atoms. The molecule has 15 nitrogen and oxygen atoms in total. The number of halogens is 1. The Labute approximate surface area is 396 Å². The van der Waals surface area contributed by atoms with Gasteiger partial charge in [0.15, 0.2) is 11.4 Å². The molecule has 4 fully saturated rings. The molecule has 2 aromatic heterocycles. The predicted molar refractivity (Wildman–Crippen MR) is 257 cm³/mol. The van der Waals surface area contributed by atoms with E-state index >= 15 is 0 Å². The summed E-state index contributed by atoms with van der Waals surface area (Å²) in [6, 6.07) is 18.2. The average Bonchev–Trinajstić information content (AvgIpc) is 3.94. The number of hydrogen-bond donors (Lipinski definition) is 4. The lowest BCUT2D eigenvalue weighted by Crippen LogP contribution is -2.54. The van der Waals surface area contributed by atoms with Crippen molar-refractivity contribution in [3.63, 3.8) is 0 Å². The highest BCUT2D eigenvalue weighted by molar-refractivity contribution is 7.90. The fraction of sp³-hybridized carbons (Fsp3) is 0.490. The summed E-state index contributed by atoms with van der Waals surface area (Å²) in [5.74, 6) is -0.668. The van der Waals surface area contributed by atoms with Crippen molar-refractivity contribution in [2.75, 3.05) is 36.5 Å². The van der Waals surface area contributed by atoms with Crippen LogP contribution in [0.4, 0.5) is 21.5 Å². The largest absolute Gasteiger partial charge is 0.489 e. The molecule has 2 saturated heterocycles. The van der Waals surface area contributed by atoms with Gasteiger partial charge in [-0.25, -0.2) is 22.5 Å². The maximum absolute atomic E-state index is 14.7. The minimum absolute atomic E-state index is 0.0171. The summed E-state index contributed by atoms with van der Waals surface area (Å²) in [7, 11) is -4.71. The van der Waals surface area contributed by atoms with Crippen molar-refractivity contribution in [2.45, 2.75) is 126 Å². The van der Waals surface area contributed by atoms with E-state index < -0.39 is 42.9 Å². The molecule has 0 radical (unpaired) electrons. The number of H-pyrrole nitrogens is 1. The number of nitrogens with one attached hydrogen (secondary N) is 3. The number of pyridine rings is 1. The lowest BCUT2D eigenvalue weighted by molar-refractivity contribution is -0.384. The zero-order valence-corrected chi connectivity index (χ0v) is 39.6. The molecule has 3 aliphatic heterocycles. The number of likely N-dealkylation sites (tertiary alicyclic amines) is 1. The predicted octanol–water partition coefficient (Wildman–Crippen LogP) is 9.73. The Bertz CT molecular complexity index is 2840. The molecule has 0 unspecified atom stereocenters. The highest BCUT2D eigenvalue weighted by atomic mass is 32.2. The standard InChI is InChI=1S/C51H60FN7O8S/c1-31(2)38-7-4-5-8-39(38)43-9-6-18-58(43)35-26-51(27-35)16-19-57(20-17-51)34-10-11-40(45(22-34)67-36-23-41-42(52)29-54-48(41)53-28-36)49(60)56-68(64,65)37-24-44(59(62)63)47-46(25-37)66-30-33(55-47)21-32-12-14-50(3,61)15-13-32/h4-5,7-8,10-11,22-25,28-29,31-33,35,43,55,61H,6,9,12-21,26-27,30H2,1-3H3,(H,53,54)(H,56,60)/t32-,33-,43+,50-/m0/s1. The van der Waals surface area contributed by atoms with Gasteiger partial charge in [0.05, 0.1) is 38.6 Å². The number of sulfonamides is 1. The quantitative estimate of drug-likeness (QED) is 0.0685.